The molecule has 2 aliphatic heterocycles. The number of hydrogen-bond donors (Lipinski definition) is 1. The molecule has 4 heterocycles. The third-order valence-corrected chi connectivity index (χ3v) is 5.89. The van der Waals surface area contributed by atoms with E-state index in [0.717, 1.165) is 56.2 Å². The number of carbonyl (C=O) groups is 1. The molecular formula is C21H31N7O2. The highest BCUT2D eigenvalue weighted by Crippen LogP contribution is 2.26. The average molecular weight is 414 g/mol. The normalized spacial score (nSPS) is 22.9. The van der Waals surface area contributed by atoms with E-state index in [0.29, 0.717) is 12.5 Å². The highest BCUT2D eigenvalue weighted by molar-refractivity contribution is 5.74. The minimum atomic E-state index is -0.0219. The summed E-state index contributed by atoms with van der Waals surface area (Å²) < 4.78 is 7.76. The van der Waals surface area contributed by atoms with E-state index < -0.39 is 0 Å². The zero-order valence-electron chi connectivity index (χ0n) is 18.0. The van der Waals surface area contributed by atoms with Crippen LogP contribution < -0.4 is 10.2 Å². The van der Waals surface area contributed by atoms with Crippen LogP contribution in [-0.4, -0.2) is 69.1 Å². The number of aryl methyl sites for hydroxylation is 1. The highest BCUT2D eigenvalue weighted by atomic mass is 16.5. The minimum Gasteiger partial charge on any atom is -0.372 e. The van der Waals surface area contributed by atoms with Gasteiger partial charge in [0.05, 0.1) is 12.2 Å². The molecule has 2 unspecified atom stereocenters. The van der Waals surface area contributed by atoms with Crippen LogP contribution in [0.3, 0.4) is 0 Å². The molecule has 0 saturated carbocycles. The van der Waals surface area contributed by atoms with Gasteiger partial charge in [-0.25, -0.2) is 9.78 Å². The summed E-state index contributed by atoms with van der Waals surface area (Å²) in [4.78, 5) is 21.3. The maximum atomic E-state index is 12.6. The van der Waals surface area contributed by atoms with Crippen molar-refractivity contribution in [2.24, 2.45) is 7.05 Å². The van der Waals surface area contributed by atoms with Crippen LogP contribution in [0.4, 0.5) is 10.6 Å². The Morgan fingerprint density at radius 3 is 2.53 bits per heavy atom. The maximum absolute atomic E-state index is 12.6. The summed E-state index contributed by atoms with van der Waals surface area (Å²) in [6.07, 6.45) is 5.80. The van der Waals surface area contributed by atoms with Gasteiger partial charge in [-0.15, -0.1) is 10.2 Å². The number of nitrogens with one attached hydrogen (secondary N) is 1. The highest BCUT2D eigenvalue weighted by Gasteiger charge is 2.26. The van der Waals surface area contributed by atoms with E-state index in [1.54, 1.807) is 6.33 Å². The van der Waals surface area contributed by atoms with Crippen LogP contribution in [0.5, 0.6) is 0 Å². The number of carbonyl (C=O) groups excluding carboxylic acids is 1. The lowest BCUT2D eigenvalue weighted by atomic mass is 9.96. The van der Waals surface area contributed by atoms with Gasteiger partial charge in [-0.1, -0.05) is 6.07 Å². The summed E-state index contributed by atoms with van der Waals surface area (Å²) in [6, 6.07) is 4.04. The van der Waals surface area contributed by atoms with E-state index in [1.807, 2.05) is 34.8 Å². The Bertz CT molecular complexity index is 835. The summed E-state index contributed by atoms with van der Waals surface area (Å²) in [5, 5.41) is 11.2. The van der Waals surface area contributed by atoms with Gasteiger partial charge in [0.25, 0.3) is 0 Å². The predicted molar refractivity (Wildman–Crippen MR) is 113 cm³/mol. The van der Waals surface area contributed by atoms with Crippen molar-refractivity contribution in [3.63, 3.8) is 0 Å². The Balaban J connectivity index is 1.25. The number of rotatable bonds is 4. The molecule has 0 spiro atoms. The first-order valence-electron chi connectivity index (χ1n) is 10.7. The Morgan fingerprint density at radius 1 is 1.20 bits per heavy atom. The summed E-state index contributed by atoms with van der Waals surface area (Å²) in [6.45, 7) is 7.80. The molecule has 2 amide bonds. The van der Waals surface area contributed by atoms with Crippen LogP contribution in [0.1, 0.15) is 44.0 Å². The maximum Gasteiger partial charge on any atom is 0.317 e. The van der Waals surface area contributed by atoms with E-state index in [1.165, 1.54) is 0 Å². The summed E-state index contributed by atoms with van der Waals surface area (Å²) >= 11 is 0. The summed E-state index contributed by atoms with van der Waals surface area (Å²) in [7, 11) is 1.97. The first kappa shape index (κ1) is 20.6. The van der Waals surface area contributed by atoms with Gasteiger partial charge < -0.3 is 24.4 Å². The first-order chi connectivity index (χ1) is 14.5. The van der Waals surface area contributed by atoms with E-state index in [2.05, 4.69) is 39.2 Å². The van der Waals surface area contributed by atoms with Crippen molar-refractivity contribution in [3.05, 3.63) is 36.0 Å². The van der Waals surface area contributed by atoms with Crippen LogP contribution in [0.25, 0.3) is 0 Å². The number of amides is 2. The number of hydrogen-bond acceptors (Lipinski definition) is 6. The number of likely N-dealkylation sites (tertiary alicyclic amines) is 1. The number of pyridine rings is 1. The molecule has 0 radical (unpaired) electrons. The Labute approximate surface area is 177 Å². The second-order valence-electron chi connectivity index (χ2n) is 8.41. The molecule has 162 valence electrons. The van der Waals surface area contributed by atoms with Crippen molar-refractivity contribution >= 4 is 11.8 Å². The molecule has 9 nitrogen and oxygen atoms in total. The monoisotopic (exact) mass is 413 g/mol. The SMILES string of the molecule is CC1CN(c2ccc(CNC(=O)N3CCC(c4nncn4C)CC3)cn2)CC(C)O1. The van der Waals surface area contributed by atoms with Crippen molar-refractivity contribution in [3.8, 4) is 0 Å². The van der Waals surface area contributed by atoms with Gasteiger partial charge in [-0.2, -0.15) is 0 Å². The van der Waals surface area contributed by atoms with E-state index >= 15 is 0 Å². The van der Waals surface area contributed by atoms with Crippen molar-refractivity contribution in [2.45, 2.75) is 51.4 Å². The van der Waals surface area contributed by atoms with Crippen LogP contribution in [0, 0.1) is 0 Å². The third-order valence-electron chi connectivity index (χ3n) is 5.89. The quantitative estimate of drug-likeness (QED) is 0.824. The Hall–Kier alpha value is -2.68. The van der Waals surface area contributed by atoms with Crippen molar-refractivity contribution in [1.29, 1.82) is 0 Å². The fraction of sp³-hybridized carbons (Fsp3) is 0.619. The molecule has 2 aromatic rings. The van der Waals surface area contributed by atoms with Gasteiger partial charge in [0, 0.05) is 51.9 Å². The van der Waals surface area contributed by atoms with Gasteiger partial charge >= 0.3 is 6.03 Å². The van der Waals surface area contributed by atoms with Crippen LogP contribution in [0.2, 0.25) is 0 Å². The van der Waals surface area contributed by atoms with E-state index in [4.69, 9.17) is 4.74 Å². The second kappa shape index (κ2) is 8.99. The Kier molecular flexibility index (Phi) is 6.17. The molecule has 2 fully saturated rings. The molecule has 0 aliphatic carbocycles. The zero-order valence-corrected chi connectivity index (χ0v) is 18.0. The third kappa shape index (κ3) is 4.72. The number of aromatic nitrogens is 4. The fourth-order valence-corrected chi connectivity index (χ4v) is 4.37. The van der Waals surface area contributed by atoms with Gasteiger partial charge in [0.2, 0.25) is 0 Å². The first-order valence-corrected chi connectivity index (χ1v) is 10.7. The molecule has 30 heavy (non-hydrogen) atoms. The molecule has 0 bridgehead atoms. The van der Waals surface area contributed by atoms with Crippen LogP contribution >= 0.6 is 0 Å². The Morgan fingerprint density at radius 2 is 1.93 bits per heavy atom. The fourth-order valence-electron chi connectivity index (χ4n) is 4.37. The smallest absolute Gasteiger partial charge is 0.317 e. The van der Waals surface area contributed by atoms with Crippen molar-refractivity contribution < 1.29 is 9.53 Å². The molecule has 2 aliphatic rings. The lowest BCUT2D eigenvalue weighted by molar-refractivity contribution is -0.00546. The molecule has 0 aromatic carbocycles. The number of urea groups is 1. The van der Waals surface area contributed by atoms with Crippen molar-refractivity contribution in [2.75, 3.05) is 31.1 Å². The number of anilines is 1. The van der Waals surface area contributed by atoms with E-state index in [-0.39, 0.29) is 18.2 Å². The minimum absolute atomic E-state index is 0.0219. The molecule has 2 aromatic heterocycles. The largest absolute Gasteiger partial charge is 0.372 e. The molecule has 9 heteroatoms. The number of piperidine rings is 1. The van der Waals surface area contributed by atoms with Crippen molar-refractivity contribution in [1.82, 2.24) is 30.0 Å². The number of nitrogens with zero attached hydrogens (tertiary/aromatic N) is 6. The van der Waals surface area contributed by atoms with Gasteiger partial charge in [0.1, 0.15) is 18.0 Å². The van der Waals surface area contributed by atoms with Gasteiger partial charge in [0.15, 0.2) is 0 Å². The predicted octanol–water partition coefficient (Wildman–Crippen LogP) is 1.91. The van der Waals surface area contributed by atoms with Gasteiger partial charge in [-0.05, 0) is 38.3 Å². The lowest BCUT2D eigenvalue weighted by Gasteiger charge is -2.36. The number of morpholine rings is 1. The topological polar surface area (TPSA) is 88.4 Å². The number of ether oxygens (including phenoxy) is 1. The lowest BCUT2D eigenvalue weighted by Crippen LogP contribution is -2.45. The molecule has 4 rings (SSSR count). The summed E-state index contributed by atoms with van der Waals surface area (Å²) in [5.41, 5.74) is 0.996. The van der Waals surface area contributed by atoms with Gasteiger partial charge in [-0.3, -0.25) is 0 Å². The molecule has 1 N–H and O–H groups in total. The molecule has 2 saturated heterocycles. The molecular weight excluding hydrogens is 382 g/mol. The molecule has 2 atom stereocenters. The zero-order chi connectivity index (χ0) is 21.1. The standard InChI is InChI=1S/C21H31N7O2/c1-15-12-28(13-16(2)30-15)19-5-4-17(10-22-19)11-23-21(29)27-8-6-18(7-9-27)20-25-24-14-26(20)3/h4-5,10,14-16,18H,6-9,11-13H2,1-3H3,(H,23,29). The summed E-state index contributed by atoms with van der Waals surface area (Å²) in [5.74, 6) is 2.33. The van der Waals surface area contributed by atoms with Crippen LogP contribution in [0.15, 0.2) is 24.7 Å². The van der Waals surface area contributed by atoms with E-state index in [9.17, 15) is 4.79 Å². The van der Waals surface area contributed by atoms with Crippen LogP contribution in [-0.2, 0) is 18.3 Å². The average Bonchev–Trinajstić information content (AvgIpc) is 3.17. The second-order valence-corrected chi connectivity index (χ2v) is 8.41.